The van der Waals surface area contributed by atoms with E-state index in [2.05, 4.69) is 15.0 Å². The molecule has 0 aromatic carbocycles. The van der Waals surface area contributed by atoms with Crippen LogP contribution in [0.5, 0.6) is 6.01 Å². The number of rotatable bonds is 6. The van der Waals surface area contributed by atoms with Gasteiger partial charge in [-0.1, -0.05) is 0 Å². The van der Waals surface area contributed by atoms with Crippen LogP contribution in [-0.2, 0) is 0 Å². The van der Waals surface area contributed by atoms with Gasteiger partial charge in [-0.2, -0.15) is 15.0 Å². The summed E-state index contributed by atoms with van der Waals surface area (Å²) in [5, 5.41) is 9.25. The van der Waals surface area contributed by atoms with Gasteiger partial charge in [-0.3, -0.25) is 0 Å². The van der Waals surface area contributed by atoms with Gasteiger partial charge in [-0.15, -0.1) is 0 Å². The van der Waals surface area contributed by atoms with Crippen LogP contribution in [0.3, 0.4) is 0 Å². The average molecular weight is 273 g/mol. The van der Waals surface area contributed by atoms with Gasteiger partial charge in [0.1, 0.15) is 0 Å². The van der Waals surface area contributed by atoms with E-state index in [0.29, 0.717) is 25.1 Å². The number of aromatic nitrogens is 3. The molecule has 0 spiro atoms. The number of halogens is 1. The Bertz CT molecular complexity index is 401. The molecule has 1 N–H and O–H groups in total. The fourth-order valence-corrected chi connectivity index (χ4v) is 2.04. The second-order valence-electron chi connectivity index (χ2n) is 4.12. The SMILES string of the molecule is CCOc1nc(Cl)nc(N(CCO)C2CCC2)n1. The quantitative estimate of drug-likeness (QED) is 0.841. The highest BCUT2D eigenvalue weighted by molar-refractivity contribution is 6.28. The van der Waals surface area contributed by atoms with E-state index < -0.39 is 0 Å². The summed E-state index contributed by atoms with van der Waals surface area (Å²) >= 11 is 5.86. The second-order valence-corrected chi connectivity index (χ2v) is 4.46. The molecule has 1 saturated carbocycles. The Balaban J connectivity index is 2.22. The predicted molar refractivity (Wildman–Crippen MR) is 68.1 cm³/mol. The molecule has 0 saturated heterocycles. The van der Waals surface area contributed by atoms with Crippen molar-refractivity contribution in [1.82, 2.24) is 15.0 Å². The number of aliphatic hydroxyl groups excluding tert-OH is 1. The van der Waals surface area contributed by atoms with Gasteiger partial charge >= 0.3 is 6.01 Å². The number of anilines is 1. The third kappa shape index (κ3) is 3.00. The van der Waals surface area contributed by atoms with E-state index in [0.717, 1.165) is 12.8 Å². The van der Waals surface area contributed by atoms with Crippen molar-refractivity contribution in [3.05, 3.63) is 5.28 Å². The number of nitrogens with zero attached hydrogens (tertiary/aromatic N) is 4. The first-order valence-electron chi connectivity index (χ1n) is 6.16. The highest BCUT2D eigenvalue weighted by atomic mass is 35.5. The molecule has 2 rings (SSSR count). The monoisotopic (exact) mass is 272 g/mol. The van der Waals surface area contributed by atoms with E-state index in [1.165, 1.54) is 6.42 Å². The second kappa shape index (κ2) is 6.15. The fraction of sp³-hybridized carbons (Fsp3) is 0.727. The number of ether oxygens (including phenoxy) is 1. The van der Waals surface area contributed by atoms with Gasteiger partial charge in [-0.05, 0) is 37.8 Å². The molecule has 0 unspecified atom stereocenters. The molecule has 0 amide bonds. The Morgan fingerprint density at radius 2 is 2.17 bits per heavy atom. The lowest BCUT2D eigenvalue weighted by molar-refractivity contribution is 0.279. The molecular formula is C11H17ClN4O2. The third-order valence-corrected chi connectivity index (χ3v) is 3.13. The lowest BCUT2D eigenvalue weighted by atomic mass is 9.92. The van der Waals surface area contributed by atoms with Gasteiger partial charge < -0.3 is 14.7 Å². The summed E-state index contributed by atoms with van der Waals surface area (Å²) in [5.41, 5.74) is 0. The van der Waals surface area contributed by atoms with Crippen LogP contribution in [-0.4, -0.2) is 45.9 Å². The zero-order chi connectivity index (χ0) is 13.0. The summed E-state index contributed by atoms with van der Waals surface area (Å²) in [6, 6.07) is 0.611. The normalized spacial score (nSPS) is 15.3. The first kappa shape index (κ1) is 13.3. The van der Waals surface area contributed by atoms with Crippen LogP contribution in [0.25, 0.3) is 0 Å². The molecule has 0 atom stereocenters. The average Bonchev–Trinajstić information content (AvgIpc) is 2.25. The van der Waals surface area contributed by atoms with E-state index in [4.69, 9.17) is 21.4 Å². The van der Waals surface area contributed by atoms with Gasteiger partial charge in [0.2, 0.25) is 11.2 Å². The Morgan fingerprint density at radius 3 is 2.72 bits per heavy atom. The van der Waals surface area contributed by atoms with Crippen LogP contribution >= 0.6 is 11.6 Å². The number of hydrogen-bond donors (Lipinski definition) is 1. The van der Waals surface area contributed by atoms with Crippen molar-refractivity contribution in [3.63, 3.8) is 0 Å². The predicted octanol–water partition coefficient (Wildman–Crippen LogP) is 1.27. The Morgan fingerprint density at radius 1 is 1.39 bits per heavy atom. The Kier molecular flexibility index (Phi) is 4.54. The highest BCUT2D eigenvalue weighted by Gasteiger charge is 2.27. The Hall–Kier alpha value is -1.14. The molecule has 0 bridgehead atoms. The van der Waals surface area contributed by atoms with Crippen molar-refractivity contribution >= 4 is 17.5 Å². The van der Waals surface area contributed by atoms with E-state index in [1.54, 1.807) is 0 Å². The molecule has 0 radical (unpaired) electrons. The lowest BCUT2D eigenvalue weighted by Crippen LogP contribution is -2.43. The van der Waals surface area contributed by atoms with Crippen LogP contribution in [0.2, 0.25) is 5.28 Å². The maximum atomic E-state index is 9.13. The van der Waals surface area contributed by atoms with Crippen LogP contribution in [0.15, 0.2) is 0 Å². The van der Waals surface area contributed by atoms with Crippen molar-refractivity contribution in [2.75, 3.05) is 24.7 Å². The minimum absolute atomic E-state index is 0.0593. The summed E-state index contributed by atoms with van der Waals surface area (Å²) < 4.78 is 5.25. The van der Waals surface area contributed by atoms with Crippen LogP contribution in [0, 0.1) is 0 Å². The Labute approximate surface area is 111 Å². The summed E-state index contributed by atoms with van der Waals surface area (Å²) in [7, 11) is 0. The maximum Gasteiger partial charge on any atom is 0.322 e. The van der Waals surface area contributed by atoms with Gasteiger partial charge in [0.15, 0.2) is 0 Å². The minimum Gasteiger partial charge on any atom is -0.464 e. The molecule has 1 aromatic rings. The van der Waals surface area contributed by atoms with Crippen LogP contribution in [0.1, 0.15) is 26.2 Å². The van der Waals surface area contributed by atoms with Crippen molar-refractivity contribution in [2.24, 2.45) is 0 Å². The minimum atomic E-state index is 0.0593. The van der Waals surface area contributed by atoms with Crippen LogP contribution in [0.4, 0.5) is 5.95 Å². The van der Waals surface area contributed by atoms with E-state index in [-0.39, 0.29) is 17.9 Å². The highest BCUT2D eigenvalue weighted by Crippen LogP contribution is 2.28. The summed E-state index contributed by atoms with van der Waals surface area (Å²) in [4.78, 5) is 14.2. The zero-order valence-corrected chi connectivity index (χ0v) is 11.1. The molecule has 100 valence electrons. The van der Waals surface area contributed by atoms with Gasteiger partial charge in [-0.25, -0.2) is 0 Å². The first-order valence-corrected chi connectivity index (χ1v) is 6.54. The smallest absolute Gasteiger partial charge is 0.322 e. The zero-order valence-electron chi connectivity index (χ0n) is 10.3. The van der Waals surface area contributed by atoms with Crippen molar-refractivity contribution < 1.29 is 9.84 Å². The van der Waals surface area contributed by atoms with Gasteiger partial charge in [0.05, 0.1) is 13.2 Å². The van der Waals surface area contributed by atoms with Crippen LogP contribution < -0.4 is 9.64 Å². The van der Waals surface area contributed by atoms with Crippen molar-refractivity contribution in [3.8, 4) is 6.01 Å². The van der Waals surface area contributed by atoms with Gasteiger partial charge in [0.25, 0.3) is 0 Å². The van der Waals surface area contributed by atoms with E-state index in [1.807, 2.05) is 11.8 Å². The van der Waals surface area contributed by atoms with E-state index >= 15 is 0 Å². The topological polar surface area (TPSA) is 71.4 Å². The molecule has 18 heavy (non-hydrogen) atoms. The maximum absolute atomic E-state index is 9.13. The van der Waals surface area contributed by atoms with Crippen molar-refractivity contribution in [2.45, 2.75) is 32.2 Å². The molecule has 1 aromatic heterocycles. The fourth-order valence-electron chi connectivity index (χ4n) is 1.90. The molecule has 1 aliphatic rings. The lowest BCUT2D eigenvalue weighted by Gasteiger charge is -2.37. The standard InChI is InChI=1S/C11H17ClN4O2/c1-2-18-11-14-9(12)13-10(15-11)16(6-7-17)8-4-3-5-8/h8,17H,2-7H2,1H3. The first-order chi connectivity index (χ1) is 8.74. The van der Waals surface area contributed by atoms with Crippen molar-refractivity contribution in [1.29, 1.82) is 0 Å². The molecule has 6 nitrogen and oxygen atoms in total. The molecular weight excluding hydrogens is 256 g/mol. The molecule has 1 heterocycles. The molecule has 1 aliphatic carbocycles. The summed E-state index contributed by atoms with van der Waals surface area (Å²) in [6.45, 7) is 2.89. The van der Waals surface area contributed by atoms with Gasteiger partial charge in [0, 0.05) is 12.6 Å². The largest absolute Gasteiger partial charge is 0.464 e. The molecule has 7 heteroatoms. The number of aliphatic hydroxyl groups is 1. The third-order valence-electron chi connectivity index (χ3n) is 2.96. The molecule has 0 aliphatic heterocycles. The molecule has 1 fully saturated rings. The van der Waals surface area contributed by atoms with E-state index in [9.17, 15) is 0 Å². The number of hydrogen-bond acceptors (Lipinski definition) is 6. The summed E-state index contributed by atoms with van der Waals surface area (Å²) in [5.74, 6) is 0.484. The summed E-state index contributed by atoms with van der Waals surface area (Å²) in [6.07, 6.45) is 3.38.